The molecule has 0 aliphatic heterocycles. The van der Waals surface area contributed by atoms with E-state index in [0.29, 0.717) is 17.2 Å². The second-order valence-corrected chi connectivity index (χ2v) is 3.82. The standard InChI is InChI=1S/C13H13N3O4/c1-19-8-3-4-11(20-2)9(5-8)16-13(18)10-6-15-12(17)7-14-10/h3-7H,1-2H3,(H,15,17)(H,16,18). The fourth-order valence-corrected chi connectivity index (χ4v) is 1.56. The van der Waals surface area contributed by atoms with Gasteiger partial charge in [0.2, 0.25) is 0 Å². The van der Waals surface area contributed by atoms with Gasteiger partial charge in [-0.1, -0.05) is 0 Å². The molecule has 1 aromatic carbocycles. The summed E-state index contributed by atoms with van der Waals surface area (Å²) in [4.78, 5) is 29.0. The van der Waals surface area contributed by atoms with Gasteiger partial charge in [0.25, 0.3) is 11.5 Å². The number of aromatic amines is 1. The van der Waals surface area contributed by atoms with Gasteiger partial charge in [0.05, 0.1) is 26.1 Å². The Labute approximate surface area is 114 Å². The van der Waals surface area contributed by atoms with E-state index in [9.17, 15) is 9.59 Å². The molecular weight excluding hydrogens is 262 g/mol. The quantitative estimate of drug-likeness (QED) is 0.869. The zero-order valence-electron chi connectivity index (χ0n) is 11.0. The van der Waals surface area contributed by atoms with Gasteiger partial charge in [0, 0.05) is 12.3 Å². The number of H-pyrrole nitrogens is 1. The molecule has 0 aliphatic rings. The van der Waals surface area contributed by atoms with E-state index in [1.807, 2.05) is 0 Å². The first-order valence-corrected chi connectivity index (χ1v) is 5.72. The van der Waals surface area contributed by atoms with Crippen LogP contribution in [0.3, 0.4) is 0 Å². The molecule has 0 aliphatic carbocycles. The lowest BCUT2D eigenvalue weighted by Gasteiger charge is -2.11. The van der Waals surface area contributed by atoms with Crippen molar-refractivity contribution in [1.29, 1.82) is 0 Å². The van der Waals surface area contributed by atoms with E-state index in [0.717, 1.165) is 6.20 Å². The number of benzene rings is 1. The van der Waals surface area contributed by atoms with Gasteiger partial charge in [-0.25, -0.2) is 4.98 Å². The fraction of sp³-hybridized carbons (Fsp3) is 0.154. The highest BCUT2D eigenvalue weighted by Gasteiger charge is 2.12. The molecule has 7 heteroatoms. The smallest absolute Gasteiger partial charge is 0.275 e. The number of nitrogens with one attached hydrogen (secondary N) is 2. The summed E-state index contributed by atoms with van der Waals surface area (Å²) < 4.78 is 10.2. The van der Waals surface area contributed by atoms with Crippen LogP contribution in [0.25, 0.3) is 0 Å². The van der Waals surface area contributed by atoms with Gasteiger partial charge in [0.1, 0.15) is 17.2 Å². The molecule has 1 amide bonds. The minimum atomic E-state index is -0.465. The number of carbonyl (C=O) groups excluding carboxylic acids is 1. The summed E-state index contributed by atoms with van der Waals surface area (Å²) in [5, 5.41) is 2.64. The van der Waals surface area contributed by atoms with E-state index in [4.69, 9.17) is 9.47 Å². The van der Waals surface area contributed by atoms with Gasteiger partial charge < -0.3 is 19.8 Å². The molecule has 0 radical (unpaired) electrons. The molecule has 7 nitrogen and oxygen atoms in total. The van der Waals surface area contributed by atoms with Crippen molar-refractivity contribution in [3.05, 3.63) is 46.6 Å². The Morgan fingerprint density at radius 3 is 2.70 bits per heavy atom. The van der Waals surface area contributed by atoms with Crippen molar-refractivity contribution in [3.8, 4) is 11.5 Å². The summed E-state index contributed by atoms with van der Waals surface area (Å²) in [6, 6.07) is 5.02. The van der Waals surface area contributed by atoms with Gasteiger partial charge in [-0.3, -0.25) is 9.59 Å². The second kappa shape index (κ2) is 5.87. The molecule has 0 atom stereocenters. The van der Waals surface area contributed by atoms with E-state index in [-0.39, 0.29) is 11.3 Å². The molecule has 0 saturated carbocycles. The van der Waals surface area contributed by atoms with Crippen molar-refractivity contribution in [2.24, 2.45) is 0 Å². The summed E-state index contributed by atoms with van der Waals surface area (Å²) in [7, 11) is 3.02. The third-order valence-electron chi connectivity index (χ3n) is 2.56. The molecule has 2 N–H and O–H groups in total. The third-order valence-corrected chi connectivity index (χ3v) is 2.56. The van der Waals surface area contributed by atoms with Crippen molar-refractivity contribution >= 4 is 11.6 Å². The molecule has 104 valence electrons. The average molecular weight is 275 g/mol. The maximum absolute atomic E-state index is 12.0. The Morgan fingerprint density at radius 2 is 2.10 bits per heavy atom. The van der Waals surface area contributed by atoms with Crippen LogP contribution in [-0.4, -0.2) is 30.1 Å². The molecule has 2 rings (SSSR count). The predicted molar refractivity (Wildman–Crippen MR) is 72.4 cm³/mol. The molecule has 0 unspecified atom stereocenters. The maximum Gasteiger partial charge on any atom is 0.275 e. The number of anilines is 1. The van der Waals surface area contributed by atoms with Crippen LogP contribution in [0.15, 0.2) is 35.4 Å². The van der Waals surface area contributed by atoms with Crippen LogP contribution in [0, 0.1) is 0 Å². The van der Waals surface area contributed by atoms with Gasteiger partial charge in [-0.05, 0) is 12.1 Å². The van der Waals surface area contributed by atoms with Crippen molar-refractivity contribution in [3.63, 3.8) is 0 Å². The van der Waals surface area contributed by atoms with Crippen LogP contribution < -0.4 is 20.3 Å². The van der Waals surface area contributed by atoms with E-state index in [2.05, 4.69) is 15.3 Å². The summed E-state index contributed by atoms with van der Waals surface area (Å²) in [5.74, 6) is 0.604. The van der Waals surface area contributed by atoms with Crippen LogP contribution >= 0.6 is 0 Å². The van der Waals surface area contributed by atoms with Gasteiger partial charge in [-0.15, -0.1) is 0 Å². The highest BCUT2D eigenvalue weighted by molar-refractivity contribution is 6.03. The highest BCUT2D eigenvalue weighted by atomic mass is 16.5. The van der Waals surface area contributed by atoms with E-state index >= 15 is 0 Å². The number of methoxy groups -OCH3 is 2. The van der Waals surface area contributed by atoms with Crippen LogP contribution in [-0.2, 0) is 0 Å². The largest absolute Gasteiger partial charge is 0.497 e. The molecule has 1 aromatic heterocycles. The lowest BCUT2D eigenvalue weighted by molar-refractivity contribution is 0.102. The number of nitrogens with zero attached hydrogens (tertiary/aromatic N) is 1. The number of ether oxygens (including phenoxy) is 2. The molecule has 0 fully saturated rings. The Hall–Kier alpha value is -2.83. The monoisotopic (exact) mass is 275 g/mol. The van der Waals surface area contributed by atoms with Gasteiger partial charge in [-0.2, -0.15) is 0 Å². The molecule has 0 bridgehead atoms. The third kappa shape index (κ3) is 2.94. The van der Waals surface area contributed by atoms with Crippen molar-refractivity contribution in [1.82, 2.24) is 9.97 Å². The number of hydrogen-bond acceptors (Lipinski definition) is 5. The first-order chi connectivity index (χ1) is 9.63. The van der Waals surface area contributed by atoms with E-state index in [1.54, 1.807) is 18.2 Å². The van der Waals surface area contributed by atoms with Crippen molar-refractivity contribution < 1.29 is 14.3 Å². The Bertz CT molecular complexity index is 661. The highest BCUT2D eigenvalue weighted by Crippen LogP contribution is 2.29. The number of hydrogen-bond donors (Lipinski definition) is 2. The van der Waals surface area contributed by atoms with Crippen LogP contribution in [0.2, 0.25) is 0 Å². The topological polar surface area (TPSA) is 93.3 Å². The maximum atomic E-state index is 12.0. The second-order valence-electron chi connectivity index (χ2n) is 3.82. The fourth-order valence-electron chi connectivity index (χ4n) is 1.56. The lowest BCUT2D eigenvalue weighted by atomic mass is 10.2. The Balaban J connectivity index is 2.26. The molecule has 2 aromatic rings. The normalized spacial score (nSPS) is 9.90. The minimum Gasteiger partial charge on any atom is -0.497 e. The van der Waals surface area contributed by atoms with E-state index < -0.39 is 5.91 Å². The lowest BCUT2D eigenvalue weighted by Crippen LogP contribution is -2.17. The Kier molecular flexibility index (Phi) is 3.99. The average Bonchev–Trinajstić information content (AvgIpc) is 2.47. The summed E-state index contributed by atoms with van der Waals surface area (Å²) >= 11 is 0. The molecule has 0 saturated heterocycles. The molecule has 0 spiro atoms. The van der Waals surface area contributed by atoms with Crippen molar-refractivity contribution in [2.45, 2.75) is 0 Å². The Morgan fingerprint density at radius 1 is 1.30 bits per heavy atom. The number of aromatic nitrogens is 2. The van der Waals surface area contributed by atoms with Crippen molar-refractivity contribution in [2.75, 3.05) is 19.5 Å². The van der Waals surface area contributed by atoms with Crippen LogP contribution in [0.4, 0.5) is 5.69 Å². The molecule has 1 heterocycles. The van der Waals surface area contributed by atoms with Crippen LogP contribution in [0.1, 0.15) is 10.5 Å². The summed E-state index contributed by atoms with van der Waals surface area (Å²) in [5.41, 5.74) is 0.167. The first kappa shape index (κ1) is 13.6. The zero-order chi connectivity index (χ0) is 14.5. The van der Waals surface area contributed by atoms with E-state index in [1.165, 1.54) is 20.4 Å². The number of amides is 1. The van der Waals surface area contributed by atoms with Gasteiger partial charge in [0.15, 0.2) is 0 Å². The number of rotatable bonds is 4. The summed E-state index contributed by atoms with van der Waals surface area (Å²) in [6.07, 6.45) is 2.28. The summed E-state index contributed by atoms with van der Waals surface area (Å²) in [6.45, 7) is 0. The first-order valence-electron chi connectivity index (χ1n) is 5.72. The van der Waals surface area contributed by atoms with Crippen LogP contribution in [0.5, 0.6) is 11.5 Å². The minimum absolute atomic E-state index is 0.0921. The molecular formula is C13H13N3O4. The molecule has 20 heavy (non-hydrogen) atoms. The SMILES string of the molecule is COc1ccc(OC)c(NC(=O)c2c[nH]c(=O)cn2)c1. The predicted octanol–water partition coefficient (Wildman–Crippen LogP) is 1.04. The zero-order valence-corrected chi connectivity index (χ0v) is 11.0. The number of carbonyl (C=O) groups is 1. The van der Waals surface area contributed by atoms with Gasteiger partial charge >= 0.3 is 0 Å².